The molecule has 0 aliphatic carbocycles. The summed E-state index contributed by atoms with van der Waals surface area (Å²) in [5.74, 6) is 0.507. The van der Waals surface area contributed by atoms with Crippen molar-refractivity contribution in [3.63, 3.8) is 0 Å². The summed E-state index contributed by atoms with van der Waals surface area (Å²) in [5.41, 5.74) is 5.79. The van der Waals surface area contributed by atoms with Gasteiger partial charge in [0.2, 0.25) is 10.0 Å². The molecule has 0 heterocycles. The summed E-state index contributed by atoms with van der Waals surface area (Å²) < 4.78 is 40.3. The highest BCUT2D eigenvalue weighted by molar-refractivity contribution is 9.10. The molecule has 4 aromatic carbocycles. The lowest BCUT2D eigenvalue weighted by molar-refractivity contribution is -0.121. The summed E-state index contributed by atoms with van der Waals surface area (Å²) in [6, 6.07) is 28.8. The first-order valence-electron chi connectivity index (χ1n) is 12.7. The topological polar surface area (TPSA) is 97.3 Å². The molecule has 8 nitrogen and oxygen atoms in total. The van der Waals surface area contributed by atoms with Gasteiger partial charge in [-0.1, -0.05) is 76.1 Å². The third-order valence-electron chi connectivity index (χ3n) is 6.08. The molecule has 212 valence electrons. The van der Waals surface area contributed by atoms with Crippen molar-refractivity contribution in [3.8, 4) is 11.5 Å². The molecule has 1 N–H and O–H groups in total. The predicted molar refractivity (Wildman–Crippen MR) is 162 cm³/mol. The van der Waals surface area contributed by atoms with Crippen LogP contribution in [0.1, 0.15) is 22.3 Å². The van der Waals surface area contributed by atoms with Gasteiger partial charge in [-0.25, -0.2) is 13.8 Å². The van der Waals surface area contributed by atoms with Crippen LogP contribution in [0.3, 0.4) is 0 Å². The fraction of sp³-hybridized carbons (Fsp3) is 0.161. The van der Waals surface area contributed by atoms with Crippen LogP contribution in [-0.2, 0) is 28.0 Å². The standard InChI is InChI=1S/C31H30BrN3O5S/c1-23-8-15-28(16-9-23)41(37,38)35(20-24-10-13-27(32)14-11-24)21-31(36)34-33-19-26-12-17-29(30(18-26)39-2)40-22-25-6-4-3-5-7-25/h3-19H,20-22H2,1-2H3,(H,34,36)/b33-19-. The van der Waals surface area contributed by atoms with Gasteiger partial charge in [0.1, 0.15) is 6.61 Å². The molecule has 0 saturated carbocycles. The van der Waals surface area contributed by atoms with E-state index in [0.717, 1.165) is 25.5 Å². The summed E-state index contributed by atoms with van der Waals surface area (Å²) in [5, 5.41) is 4.03. The number of hydrogen-bond donors (Lipinski definition) is 1. The lowest BCUT2D eigenvalue weighted by Gasteiger charge is -2.21. The highest BCUT2D eigenvalue weighted by Gasteiger charge is 2.27. The van der Waals surface area contributed by atoms with Crippen LogP contribution in [0.5, 0.6) is 11.5 Å². The van der Waals surface area contributed by atoms with Gasteiger partial charge in [-0.2, -0.15) is 9.41 Å². The second-order valence-corrected chi connectivity index (χ2v) is 12.0. The van der Waals surface area contributed by atoms with Gasteiger partial charge >= 0.3 is 0 Å². The van der Waals surface area contributed by atoms with E-state index in [4.69, 9.17) is 9.47 Å². The van der Waals surface area contributed by atoms with Crippen molar-refractivity contribution >= 4 is 38.1 Å². The molecular formula is C31H30BrN3O5S. The molecule has 0 aromatic heterocycles. The zero-order valence-corrected chi connectivity index (χ0v) is 25.1. The average Bonchev–Trinajstić information content (AvgIpc) is 2.98. The second-order valence-electron chi connectivity index (χ2n) is 9.19. The van der Waals surface area contributed by atoms with E-state index in [2.05, 4.69) is 26.5 Å². The number of benzene rings is 4. The molecule has 41 heavy (non-hydrogen) atoms. The number of nitrogens with zero attached hydrogens (tertiary/aromatic N) is 2. The molecule has 0 bridgehead atoms. The van der Waals surface area contributed by atoms with E-state index in [1.807, 2.05) is 49.4 Å². The Labute approximate surface area is 248 Å². The number of hydrogen-bond acceptors (Lipinski definition) is 6. The smallest absolute Gasteiger partial charge is 0.255 e. The molecule has 0 saturated heterocycles. The van der Waals surface area contributed by atoms with Crippen LogP contribution in [0.2, 0.25) is 0 Å². The number of halogens is 1. The zero-order chi connectivity index (χ0) is 29.2. The molecule has 0 atom stereocenters. The van der Waals surface area contributed by atoms with E-state index in [1.54, 1.807) is 49.6 Å². The average molecular weight is 637 g/mol. The maximum atomic E-state index is 13.5. The Balaban J connectivity index is 1.43. The van der Waals surface area contributed by atoms with Gasteiger partial charge in [-0.15, -0.1) is 0 Å². The number of nitrogens with one attached hydrogen (secondary N) is 1. The Morgan fingerprint density at radius 2 is 1.63 bits per heavy atom. The van der Waals surface area contributed by atoms with Crippen molar-refractivity contribution in [1.29, 1.82) is 0 Å². The monoisotopic (exact) mass is 635 g/mol. The molecule has 0 unspecified atom stereocenters. The SMILES string of the molecule is COc1cc(/C=N\NC(=O)CN(Cc2ccc(Br)cc2)S(=O)(=O)c2ccc(C)cc2)ccc1OCc1ccccc1. The van der Waals surface area contributed by atoms with E-state index >= 15 is 0 Å². The Morgan fingerprint density at radius 3 is 2.32 bits per heavy atom. The van der Waals surface area contributed by atoms with Gasteiger partial charge in [-0.3, -0.25) is 4.79 Å². The minimum absolute atomic E-state index is 0.0161. The number of methoxy groups -OCH3 is 1. The van der Waals surface area contributed by atoms with Gasteiger partial charge in [0.05, 0.1) is 24.8 Å². The molecule has 0 aliphatic heterocycles. The number of rotatable bonds is 12. The van der Waals surface area contributed by atoms with Crippen LogP contribution in [-0.4, -0.2) is 38.5 Å². The van der Waals surface area contributed by atoms with Crippen LogP contribution in [0.25, 0.3) is 0 Å². The summed E-state index contributed by atoms with van der Waals surface area (Å²) in [4.78, 5) is 12.9. The lowest BCUT2D eigenvalue weighted by Crippen LogP contribution is -2.39. The van der Waals surface area contributed by atoms with E-state index in [9.17, 15) is 13.2 Å². The maximum Gasteiger partial charge on any atom is 0.255 e. The number of ether oxygens (including phenoxy) is 2. The third kappa shape index (κ3) is 8.50. The highest BCUT2D eigenvalue weighted by Crippen LogP contribution is 2.28. The Bertz CT molecular complexity index is 1590. The highest BCUT2D eigenvalue weighted by atomic mass is 79.9. The van der Waals surface area contributed by atoms with E-state index in [1.165, 1.54) is 18.3 Å². The molecule has 0 radical (unpaired) electrons. The van der Waals surface area contributed by atoms with Gasteiger partial charge < -0.3 is 9.47 Å². The lowest BCUT2D eigenvalue weighted by atomic mass is 10.2. The van der Waals surface area contributed by atoms with Crippen LogP contribution >= 0.6 is 15.9 Å². The van der Waals surface area contributed by atoms with Gasteiger partial charge in [0, 0.05) is 11.0 Å². The molecule has 4 rings (SSSR count). The number of carbonyl (C=O) groups excluding carboxylic acids is 1. The summed E-state index contributed by atoms with van der Waals surface area (Å²) >= 11 is 3.39. The molecule has 0 aliphatic rings. The maximum absolute atomic E-state index is 13.5. The number of amides is 1. The van der Waals surface area contributed by atoms with Gasteiger partial charge in [0.25, 0.3) is 5.91 Å². The van der Waals surface area contributed by atoms with Crippen LogP contribution in [0, 0.1) is 6.92 Å². The summed E-state index contributed by atoms with van der Waals surface area (Å²) in [6.45, 7) is 1.87. The molecular weight excluding hydrogens is 606 g/mol. The first-order valence-corrected chi connectivity index (χ1v) is 15.0. The van der Waals surface area contributed by atoms with E-state index in [-0.39, 0.29) is 11.4 Å². The molecule has 1 amide bonds. The Morgan fingerprint density at radius 1 is 0.927 bits per heavy atom. The quantitative estimate of drug-likeness (QED) is 0.159. The van der Waals surface area contributed by atoms with E-state index < -0.39 is 22.5 Å². The van der Waals surface area contributed by atoms with Gasteiger partial charge in [0.15, 0.2) is 11.5 Å². The molecule has 0 spiro atoms. The first-order chi connectivity index (χ1) is 19.7. The number of hydrazone groups is 1. The van der Waals surface area contributed by atoms with Crippen molar-refractivity contribution in [2.75, 3.05) is 13.7 Å². The first kappa shape index (κ1) is 30.0. The molecule has 0 fully saturated rings. The van der Waals surface area contributed by atoms with Crippen molar-refractivity contribution in [1.82, 2.24) is 9.73 Å². The van der Waals surface area contributed by atoms with Crippen molar-refractivity contribution in [2.24, 2.45) is 5.10 Å². The van der Waals surface area contributed by atoms with Crippen LogP contribution in [0.15, 0.2) is 112 Å². The van der Waals surface area contributed by atoms with Crippen LogP contribution < -0.4 is 14.9 Å². The zero-order valence-electron chi connectivity index (χ0n) is 22.7. The third-order valence-corrected chi connectivity index (χ3v) is 8.41. The number of sulfonamides is 1. The largest absolute Gasteiger partial charge is 0.493 e. The second kappa shape index (κ2) is 14.1. The molecule has 10 heteroatoms. The van der Waals surface area contributed by atoms with Crippen molar-refractivity contribution < 1.29 is 22.7 Å². The number of aryl methyl sites for hydroxylation is 1. The minimum Gasteiger partial charge on any atom is -0.493 e. The van der Waals surface area contributed by atoms with Crippen molar-refractivity contribution in [3.05, 3.63) is 124 Å². The fourth-order valence-electron chi connectivity index (χ4n) is 3.87. The summed E-state index contributed by atoms with van der Waals surface area (Å²) in [6.07, 6.45) is 1.45. The minimum atomic E-state index is -3.96. The number of carbonyl (C=O) groups is 1. The Kier molecular flexibility index (Phi) is 10.3. The van der Waals surface area contributed by atoms with E-state index in [0.29, 0.717) is 23.7 Å². The summed E-state index contributed by atoms with van der Waals surface area (Å²) in [7, 11) is -2.42. The van der Waals surface area contributed by atoms with Gasteiger partial charge in [-0.05, 0) is 66.1 Å². The predicted octanol–water partition coefficient (Wildman–Crippen LogP) is 5.69. The van der Waals surface area contributed by atoms with Crippen molar-refractivity contribution in [2.45, 2.75) is 25.0 Å². The molecule has 4 aromatic rings. The normalized spacial score (nSPS) is 11.5. The van der Waals surface area contributed by atoms with Crippen LogP contribution in [0.4, 0.5) is 0 Å². The fourth-order valence-corrected chi connectivity index (χ4v) is 5.52. The Hall–Kier alpha value is -3.99.